The van der Waals surface area contributed by atoms with E-state index in [0.717, 1.165) is 11.1 Å². The van der Waals surface area contributed by atoms with Gasteiger partial charge in [-0.1, -0.05) is 71.4 Å². The Morgan fingerprint density at radius 2 is 1.68 bits per heavy atom. The molecule has 1 aliphatic rings. The van der Waals surface area contributed by atoms with Gasteiger partial charge < -0.3 is 9.16 Å². The number of benzene rings is 1. The van der Waals surface area contributed by atoms with Gasteiger partial charge in [-0.15, -0.1) is 0 Å². The smallest absolute Gasteiger partial charge is 0.417 e. The maximum absolute atomic E-state index is 13.0. The molecule has 1 aromatic rings. The number of β-lactam (4-membered cyclic amide) rings is 1. The average molecular weight is 406 g/mol. The van der Waals surface area contributed by atoms with Crippen molar-refractivity contribution in [3.8, 4) is 0 Å². The van der Waals surface area contributed by atoms with Crippen LogP contribution in [0.3, 0.4) is 0 Å². The third-order valence-electron chi connectivity index (χ3n) is 5.93. The first-order chi connectivity index (χ1) is 13.1. The first-order valence-electron chi connectivity index (χ1n) is 10.3. The van der Waals surface area contributed by atoms with Crippen LogP contribution in [0, 0.1) is 6.92 Å². The van der Waals surface area contributed by atoms with Gasteiger partial charge in [0.1, 0.15) is 6.04 Å². The van der Waals surface area contributed by atoms with E-state index in [1.165, 1.54) is 4.90 Å². The normalized spacial score (nSPS) is 20.1. The van der Waals surface area contributed by atoms with E-state index in [4.69, 9.17) is 9.16 Å². The first-order valence-corrected chi connectivity index (χ1v) is 12.5. The molecular weight excluding hydrogens is 370 g/mol. The summed E-state index contributed by atoms with van der Waals surface area (Å²) in [5, 5.41) is 0. The molecule has 1 saturated heterocycles. The summed E-state index contributed by atoms with van der Waals surface area (Å²) in [6, 6.07) is 7.49. The summed E-state index contributed by atoms with van der Waals surface area (Å²) >= 11 is 0. The van der Waals surface area contributed by atoms with Crippen LogP contribution < -0.4 is 0 Å². The van der Waals surface area contributed by atoms with Crippen molar-refractivity contribution in [1.82, 2.24) is 4.90 Å². The Hall–Kier alpha value is -1.66. The van der Waals surface area contributed by atoms with E-state index in [1.54, 1.807) is 6.92 Å². The Kier molecular flexibility index (Phi) is 7.10. The van der Waals surface area contributed by atoms with Gasteiger partial charge >= 0.3 is 6.09 Å². The lowest BCUT2D eigenvalue weighted by Gasteiger charge is -2.51. The third-order valence-corrected chi connectivity index (χ3v) is 12.0. The standard InChI is InChI=1S/C22H35NO4Si/c1-9-26-22(25)23-19(18-12-10-11-17(8)13-18)20(21(23)24)27-28(14(2)3,15(4)5)16(6)7/h10-16,19-20H,9H2,1-8H3. The van der Waals surface area contributed by atoms with Gasteiger partial charge in [-0.05, 0) is 36.0 Å². The van der Waals surface area contributed by atoms with E-state index in [1.807, 2.05) is 31.2 Å². The quantitative estimate of drug-likeness (QED) is 0.438. The van der Waals surface area contributed by atoms with Crippen LogP contribution in [-0.4, -0.2) is 37.9 Å². The molecule has 2 amide bonds. The second-order valence-electron chi connectivity index (χ2n) is 8.62. The van der Waals surface area contributed by atoms with Crippen molar-refractivity contribution in [2.75, 3.05) is 6.61 Å². The van der Waals surface area contributed by atoms with Crippen LogP contribution in [0.2, 0.25) is 16.6 Å². The van der Waals surface area contributed by atoms with Gasteiger partial charge in [-0.2, -0.15) is 0 Å². The molecule has 2 atom stereocenters. The Bertz CT molecular complexity index is 694. The van der Waals surface area contributed by atoms with Crippen molar-refractivity contribution in [2.24, 2.45) is 0 Å². The molecule has 1 fully saturated rings. The summed E-state index contributed by atoms with van der Waals surface area (Å²) in [5.74, 6) is -0.288. The number of likely N-dealkylation sites (tertiary alicyclic amines) is 1. The summed E-state index contributed by atoms with van der Waals surface area (Å²) in [5.41, 5.74) is 3.07. The highest BCUT2D eigenvalue weighted by Gasteiger charge is 2.58. The topological polar surface area (TPSA) is 55.8 Å². The van der Waals surface area contributed by atoms with Gasteiger partial charge in [-0.25, -0.2) is 9.69 Å². The Morgan fingerprint density at radius 1 is 1.11 bits per heavy atom. The molecule has 2 rings (SSSR count). The third kappa shape index (κ3) is 3.89. The molecule has 0 aromatic heterocycles. The van der Waals surface area contributed by atoms with Crippen molar-refractivity contribution in [1.29, 1.82) is 0 Å². The van der Waals surface area contributed by atoms with Crippen LogP contribution in [0.1, 0.15) is 65.6 Å². The van der Waals surface area contributed by atoms with Gasteiger partial charge in [0.15, 0.2) is 6.10 Å². The number of hydrogen-bond donors (Lipinski definition) is 0. The maximum Gasteiger partial charge on any atom is 0.417 e. The summed E-state index contributed by atoms with van der Waals surface area (Å²) in [7, 11) is -2.27. The van der Waals surface area contributed by atoms with Crippen LogP contribution >= 0.6 is 0 Å². The summed E-state index contributed by atoms with van der Waals surface area (Å²) in [4.78, 5) is 26.7. The van der Waals surface area contributed by atoms with Crippen LogP contribution in [0.5, 0.6) is 0 Å². The van der Waals surface area contributed by atoms with Gasteiger partial charge in [-0.3, -0.25) is 4.79 Å². The van der Waals surface area contributed by atoms with E-state index < -0.39 is 26.6 Å². The Morgan fingerprint density at radius 3 is 2.14 bits per heavy atom. The van der Waals surface area contributed by atoms with Crippen molar-refractivity contribution < 1.29 is 18.8 Å². The molecular formula is C22H35NO4Si. The second kappa shape index (κ2) is 8.78. The molecule has 0 N–H and O–H groups in total. The average Bonchev–Trinajstić information content (AvgIpc) is 2.59. The van der Waals surface area contributed by atoms with E-state index >= 15 is 0 Å². The molecule has 0 radical (unpaired) electrons. The van der Waals surface area contributed by atoms with Gasteiger partial charge in [0.2, 0.25) is 8.32 Å². The number of carbonyl (C=O) groups is 2. The first kappa shape index (κ1) is 22.6. The van der Waals surface area contributed by atoms with E-state index in [2.05, 4.69) is 41.5 Å². The molecule has 5 nitrogen and oxygen atoms in total. The molecule has 28 heavy (non-hydrogen) atoms. The monoisotopic (exact) mass is 405 g/mol. The van der Waals surface area contributed by atoms with E-state index in [9.17, 15) is 9.59 Å². The number of ether oxygens (including phenoxy) is 1. The van der Waals surface area contributed by atoms with E-state index in [0.29, 0.717) is 16.6 Å². The zero-order chi connectivity index (χ0) is 21.2. The molecule has 1 heterocycles. The molecule has 0 saturated carbocycles. The minimum Gasteiger partial charge on any atom is -0.449 e. The van der Waals surface area contributed by atoms with Crippen LogP contribution in [-0.2, 0) is 14.0 Å². The van der Waals surface area contributed by atoms with Gasteiger partial charge in [0.05, 0.1) is 6.61 Å². The Balaban J connectivity index is 2.46. The predicted octanol–water partition coefficient (Wildman–Crippen LogP) is 5.60. The molecule has 2 unspecified atom stereocenters. The van der Waals surface area contributed by atoms with Crippen LogP contribution in [0.4, 0.5) is 4.79 Å². The summed E-state index contributed by atoms with van der Waals surface area (Å²) in [6.45, 7) is 17.1. The van der Waals surface area contributed by atoms with Gasteiger partial charge in [0, 0.05) is 0 Å². The fraction of sp³-hybridized carbons (Fsp3) is 0.636. The number of nitrogens with zero attached hydrogens (tertiary/aromatic N) is 1. The Labute approximate surface area is 170 Å². The second-order valence-corrected chi connectivity index (χ2v) is 14.0. The number of rotatable bonds is 7. The molecule has 1 aromatic carbocycles. The van der Waals surface area contributed by atoms with Crippen molar-refractivity contribution in [2.45, 2.75) is 84.2 Å². The highest BCUT2D eigenvalue weighted by atomic mass is 28.4. The van der Waals surface area contributed by atoms with Crippen molar-refractivity contribution in [3.63, 3.8) is 0 Å². The highest BCUT2D eigenvalue weighted by Crippen LogP contribution is 2.48. The lowest BCUT2D eigenvalue weighted by molar-refractivity contribution is -0.161. The number of aryl methyl sites for hydroxylation is 1. The zero-order valence-corrected chi connectivity index (χ0v) is 19.5. The highest BCUT2D eigenvalue weighted by molar-refractivity contribution is 6.77. The van der Waals surface area contributed by atoms with Gasteiger partial charge in [0.25, 0.3) is 5.91 Å². The largest absolute Gasteiger partial charge is 0.449 e. The molecule has 0 aliphatic carbocycles. The lowest BCUT2D eigenvalue weighted by atomic mass is 9.90. The minimum atomic E-state index is -2.27. The molecule has 0 spiro atoms. The number of imide groups is 1. The fourth-order valence-electron chi connectivity index (χ4n) is 4.78. The van der Waals surface area contributed by atoms with Crippen LogP contribution in [0.15, 0.2) is 24.3 Å². The van der Waals surface area contributed by atoms with Crippen molar-refractivity contribution >= 4 is 20.3 Å². The van der Waals surface area contributed by atoms with Crippen LogP contribution in [0.25, 0.3) is 0 Å². The summed E-state index contributed by atoms with van der Waals surface area (Å²) < 4.78 is 11.9. The van der Waals surface area contributed by atoms with E-state index in [-0.39, 0.29) is 12.5 Å². The maximum atomic E-state index is 13.0. The zero-order valence-electron chi connectivity index (χ0n) is 18.5. The number of carbonyl (C=O) groups excluding carboxylic acids is 2. The number of amides is 2. The molecule has 6 heteroatoms. The molecule has 156 valence electrons. The molecule has 1 aliphatic heterocycles. The summed E-state index contributed by atoms with van der Waals surface area (Å²) in [6.07, 6.45) is -1.23. The molecule has 0 bridgehead atoms. The fourth-order valence-corrected chi connectivity index (χ4v) is 10.3. The number of hydrogen-bond acceptors (Lipinski definition) is 4. The minimum absolute atomic E-state index is 0.233. The van der Waals surface area contributed by atoms with Crippen molar-refractivity contribution in [3.05, 3.63) is 35.4 Å². The predicted molar refractivity (Wildman–Crippen MR) is 114 cm³/mol. The SMILES string of the molecule is CCOC(=O)N1C(=O)C(O[Si](C(C)C)(C(C)C)C(C)C)C1c1cccc(C)c1. The lowest BCUT2D eigenvalue weighted by Crippen LogP contribution is -2.66.